The van der Waals surface area contributed by atoms with Crippen LogP contribution in [0.5, 0.6) is 0 Å². The van der Waals surface area contributed by atoms with E-state index >= 15 is 0 Å². The maximum absolute atomic E-state index is 14.9. The average molecular weight is 1470 g/mol. The number of carbonyl (C=O) groups is 12. The SMILES string of the molecule is CCCCNC(=O)N[C@H]1CSCc2cc(cc(CN3CCN(C(=O)CN4CCN(CC(=O)O)CCN(CC(=O)O)CCN(CC(=O)O)CC4)CC3)c2)CSC[C@@H](C(=O)O)NC(=O)[C@H](Cc2ccccc2)NC[C@H](CCC(N)=O)NC(=O)[C@H]([C@@H](C)O)NC(=O)[C@@H]2CCCN2C(=O)[C@@H]2CCCN2C1=O. The molecule has 102 heavy (non-hydrogen) atoms. The topological polar surface area (TPSA) is 430 Å². The number of aliphatic hydroxyl groups is 1. The maximum Gasteiger partial charge on any atom is 0.327 e. The summed E-state index contributed by atoms with van der Waals surface area (Å²) in [4.78, 5) is 175. The first kappa shape index (κ1) is 81.6. The van der Waals surface area contributed by atoms with Crippen molar-refractivity contribution in [2.24, 2.45) is 5.73 Å². The zero-order chi connectivity index (χ0) is 73.8. The van der Waals surface area contributed by atoms with E-state index in [4.69, 9.17) is 5.73 Å². The van der Waals surface area contributed by atoms with Crippen molar-refractivity contribution in [2.75, 3.05) is 142 Å². The lowest BCUT2D eigenvalue weighted by molar-refractivity contribution is -0.147. The number of carbonyl (C=O) groups excluding carboxylic acids is 8. The van der Waals surface area contributed by atoms with Crippen LogP contribution in [0.1, 0.15) is 87.5 Å². The quantitative estimate of drug-likeness (QED) is 0.0609. The van der Waals surface area contributed by atoms with E-state index in [2.05, 4.69) is 36.8 Å². The molecule has 5 heterocycles. The molecule has 0 saturated carbocycles. The number of rotatable bonds is 21. The molecule has 32 nitrogen and oxygen atoms in total. The van der Waals surface area contributed by atoms with Gasteiger partial charge < -0.3 is 77.9 Å². The molecule has 0 unspecified atom stereocenters. The number of nitrogens with one attached hydrogen (secondary N) is 6. The molecule has 0 radical (unpaired) electrons. The fraction of sp³-hybridized carbons (Fsp3) is 0.647. The normalized spacial score (nSPS) is 24.4. The minimum atomic E-state index is -1.56. The Labute approximate surface area is 603 Å². The Kier molecular flexibility index (Phi) is 33.2. The number of hydrogen-bond donors (Lipinski definition) is 12. The van der Waals surface area contributed by atoms with Crippen LogP contribution < -0.4 is 37.6 Å². The molecule has 4 saturated heterocycles. The molecule has 0 aliphatic carbocycles. The Bertz CT molecular complexity index is 3160. The molecule has 4 fully saturated rings. The van der Waals surface area contributed by atoms with Crippen LogP contribution in [-0.4, -0.2) is 327 Å². The summed E-state index contributed by atoms with van der Waals surface area (Å²) >= 11 is 2.65. The van der Waals surface area contributed by atoms with Crippen molar-refractivity contribution >= 4 is 94.8 Å². The molecule has 13 N–H and O–H groups in total. The van der Waals surface area contributed by atoms with E-state index in [1.54, 1.807) is 49.9 Å². The maximum atomic E-state index is 14.9. The van der Waals surface area contributed by atoms with E-state index in [1.165, 1.54) is 40.2 Å². The highest BCUT2D eigenvalue weighted by Gasteiger charge is 2.45. The molecule has 8 atom stereocenters. The molecule has 0 aromatic heterocycles. The standard InChI is InChI=1S/C68H103N15O17S2/c1-3-4-16-70-68(100)74-52-43-101-41-48-31-47(36-76-27-29-81(30-28-76)57(86)37-77-19-21-78(38-58(87)88)23-25-80(40-60(91)92)26-24-79(22-20-77)39-59(89)90)32-49(33-48)42-102-44-53(67(98)99)73-62(93)51(34-46-10-6-5-7-11-46)71-35-50(14-15-56(69)85)72-64(95)61(45(2)84)75-63(94)54-12-8-17-82(54)66(97)55-13-9-18-83(55)65(52)96/h5-7,10-11,31-33,45,50-55,61,71,84H,3-4,8-9,12-30,34-44H2,1-2H3,(H2,69,85)(H,72,95)(H,73,93)(H,75,94)(H,87,88)(H,89,90)(H,91,92)(H,98,99)(H2,70,74,100)/t45-,50+,51+,52+,53+,54+,55+,61+/m1/s1. The number of aliphatic hydroxyl groups excluding tert-OH is 1. The zero-order valence-corrected chi connectivity index (χ0v) is 60.0. The number of urea groups is 1. The molecule has 2 aromatic carbocycles. The van der Waals surface area contributed by atoms with Crippen molar-refractivity contribution in [3.05, 3.63) is 70.8 Å². The predicted octanol–water partition coefficient (Wildman–Crippen LogP) is -1.88. The van der Waals surface area contributed by atoms with E-state index in [-0.39, 0.29) is 148 Å². The van der Waals surface area contributed by atoms with Gasteiger partial charge in [0.1, 0.15) is 30.2 Å². The number of nitrogens with two attached hydrogens (primary N) is 1. The van der Waals surface area contributed by atoms with Gasteiger partial charge in [0.15, 0.2) is 0 Å². The lowest BCUT2D eigenvalue weighted by Crippen LogP contribution is -2.60. The van der Waals surface area contributed by atoms with Crippen LogP contribution in [-0.2, 0) is 77.2 Å². The summed E-state index contributed by atoms with van der Waals surface area (Å²) < 4.78 is 0. The fourth-order valence-electron chi connectivity index (χ4n) is 13.2. The van der Waals surface area contributed by atoms with E-state index in [1.807, 2.05) is 30.0 Å². The van der Waals surface area contributed by atoms with Crippen LogP contribution in [0.2, 0.25) is 0 Å². The van der Waals surface area contributed by atoms with Crippen LogP contribution in [0.15, 0.2) is 48.5 Å². The second-order valence-corrected chi connectivity index (χ2v) is 28.9. The zero-order valence-electron chi connectivity index (χ0n) is 58.4. The number of benzene rings is 2. The minimum Gasteiger partial charge on any atom is -0.480 e. The van der Waals surface area contributed by atoms with Gasteiger partial charge >= 0.3 is 29.9 Å². The molecular weight excluding hydrogens is 1360 g/mol. The first-order valence-electron chi connectivity index (χ1n) is 35.2. The number of primary amides is 1. The number of amides is 9. The number of piperazine rings is 1. The number of carboxylic acids is 4. The summed E-state index contributed by atoms with van der Waals surface area (Å²) in [5.41, 5.74) is 8.85. The highest BCUT2D eigenvalue weighted by Crippen LogP contribution is 2.28. The molecule has 9 amide bonds. The molecule has 0 spiro atoms. The van der Waals surface area contributed by atoms with Gasteiger partial charge in [-0.25, -0.2) is 9.59 Å². The molecule has 2 bridgehead atoms. The van der Waals surface area contributed by atoms with Gasteiger partial charge in [-0.15, -0.1) is 0 Å². The second-order valence-electron chi connectivity index (χ2n) is 26.8. The second kappa shape index (κ2) is 41.6. The molecule has 2 aromatic rings. The molecule has 7 rings (SSSR count). The van der Waals surface area contributed by atoms with E-state index in [9.17, 15) is 83.1 Å². The summed E-state index contributed by atoms with van der Waals surface area (Å²) in [6, 6.07) is 6.27. The lowest BCUT2D eigenvalue weighted by atomic mass is 10.0. The average Bonchev–Trinajstić information content (AvgIpc) is 1.64. The number of thioether (sulfide) groups is 2. The molecule has 5 aliphatic rings. The molecule has 5 aliphatic heterocycles. The van der Waals surface area contributed by atoms with Crippen molar-refractivity contribution in [1.29, 1.82) is 0 Å². The Morgan fingerprint density at radius 3 is 1.70 bits per heavy atom. The summed E-state index contributed by atoms with van der Waals surface area (Å²) in [6.45, 7) is 7.09. The number of carboxylic acid groups (broad SMARTS) is 4. The number of hydrogen-bond acceptors (Lipinski definition) is 21. The van der Waals surface area contributed by atoms with Crippen molar-refractivity contribution in [3.63, 3.8) is 0 Å². The van der Waals surface area contributed by atoms with Gasteiger partial charge in [0.25, 0.3) is 0 Å². The summed E-state index contributed by atoms with van der Waals surface area (Å²) in [6.07, 6.45) is 1.23. The van der Waals surface area contributed by atoms with Gasteiger partial charge in [0.05, 0.1) is 38.3 Å². The van der Waals surface area contributed by atoms with Crippen LogP contribution in [0, 0.1) is 0 Å². The van der Waals surface area contributed by atoms with Crippen LogP contribution in [0.3, 0.4) is 0 Å². The van der Waals surface area contributed by atoms with Crippen LogP contribution in [0.4, 0.5) is 4.79 Å². The minimum absolute atomic E-state index is 0.0137. The van der Waals surface area contributed by atoms with Gasteiger partial charge in [0, 0.05) is 147 Å². The van der Waals surface area contributed by atoms with Crippen molar-refractivity contribution in [3.8, 4) is 0 Å². The van der Waals surface area contributed by atoms with Crippen LogP contribution >= 0.6 is 23.5 Å². The van der Waals surface area contributed by atoms with E-state index < -0.39 is 114 Å². The van der Waals surface area contributed by atoms with Crippen molar-refractivity contribution < 1.29 is 83.1 Å². The molecular formula is C68H103N15O17S2. The van der Waals surface area contributed by atoms with Crippen molar-refractivity contribution in [2.45, 2.75) is 138 Å². The Morgan fingerprint density at radius 2 is 1.16 bits per heavy atom. The Morgan fingerprint density at radius 1 is 0.618 bits per heavy atom. The van der Waals surface area contributed by atoms with Gasteiger partial charge in [-0.1, -0.05) is 61.9 Å². The summed E-state index contributed by atoms with van der Waals surface area (Å²) in [5, 5.41) is 67.8. The third-order valence-corrected chi connectivity index (χ3v) is 21.0. The Hall–Kier alpha value is -7.70. The van der Waals surface area contributed by atoms with Crippen molar-refractivity contribution in [1.82, 2.24) is 71.1 Å². The van der Waals surface area contributed by atoms with Gasteiger partial charge in [-0.3, -0.25) is 72.4 Å². The third kappa shape index (κ3) is 26.8. The van der Waals surface area contributed by atoms with E-state index in [0.29, 0.717) is 70.0 Å². The summed E-state index contributed by atoms with van der Waals surface area (Å²) in [7, 11) is 0. The summed E-state index contributed by atoms with van der Waals surface area (Å²) in [5.74, 6) is -7.90. The van der Waals surface area contributed by atoms with Gasteiger partial charge in [-0.2, -0.15) is 23.5 Å². The monoisotopic (exact) mass is 1470 g/mol. The lowest BCUT2D eigenvalue weighted by Gasteiger charge is -2.37. The number of aliphatic carboxylic acids is 4. The van der Waals surface area contributed by atoms with Gasteiger partial charge in [-0.05, 0) is 74.1 Å². The molecule has 564 valence electrons. The van der Waals surface area contributed by atoms with Crippen LogP contribution in [0.25, 0.3) is 0 Å². The molecule has 34 heteroatoms. The van der Waals surface area contributed by atoms with E-state index in [0.717, 1.165) is 28.7 Å². The highest BCUT2D eigenvalue weighted by atomic mass is 32.2. The van der Waals surface area contributed by atoms with Gasteiger partial charge in [0.2, 0.25) is 41.4 Å². The third-order valence-electron chi connectivity index (χ3n) is 18.8. The highest BCUT2D eigenvalue weighted by molar-refractivity contribution is 7.98. The first-order chi connectivity index (χ1) is 48.8. The Balaban J connectivity index is 1.14. The largest absolute Gasteiger partial charge is 0.480 e. The predicted molar refractivity (Wildman–Crippen MR) is 379 cm³/mol. The smallest absolute Gasteiger partial charge is 0.327 e. The fourth-order valence-corrected chi connectivity index (χ4v) is 15.2. The first-order valence-corrected chi connectivity index (χ1v) is 37.5. The number of fused-ring (bicyclic) bond motifs is 4. The number of nitrogens with zero attached hydrogens (tertiary/aromatic N) is 8. The number of unbranched alkanes of at least 4 members (excludes halogenated alkanes) is 1.